The Hall–Kier alpha value is -1.81. The molecule has 19 heavy (non-hydrogen) atoms. The first kappa shape index (κ1) is 13.6. The second-order valence-corrected chi connectivity index (χ2v) is 4.82. The van der Waals surface area contributed by atoms with Gasteiger partial charge in [0, 0.05) is 29.6 Å². The molecule has 0 saturated heterocycles. The first-order valence-corrected chi connectivity index (χ1v) is 6.30. The van der Waals surface area contributed by atoms with Gasteiger partial charge in [-0.1, -0.05) is 18.2 Å². The van der Waals surface area contributed by atoms with Crippen LogP contribution in [-0.2, 0) is 6.54 Å². The minimum atomic E-state index is -0.298. The van der Waals surface area contributed by atoms with E-state index in [1.165, 1.54) is 11.0 Å². The smallest absolute Gasteiger partial charge is 0.253 e. The monoisotopic (exact) mass is 275 g/mol. The Morgan fingerprint density at radius 3 is 2.42 bits per heavy atom. The van der Waals surface area contributed by atoms with Gasteiger partial charge < -0.3 is 4.90 Å². The second kappa shape index (κ2) is 5.89. The summed E-state index contributed by atoms with van der Waals surface area (Å²) in [6, 6.07) is 13.4. The molecule has 0 fully saturated rings. The van der Waals surface area contributed by atoms with E-state index in [0.29, 0.717) is 11.1 Å². The van der Waals surface area contributed by atoms with E-state index in [0.717, 1.165) is 4.90 Å². The van der Waals surface area contributed by atoms with Crippen LogP contribution in [0.15, 0.2) is 53.4 Å². The number of nitrogens with zero attached hydrogens (tertiary/aromatic N) is 1. The third-order valence-corrected chi connectivity index (χ3v) is 3.12. The molecular formula is C15H14FNOS. The van der Waals surface area contributed by atoms with E-state index < -0.39 is 0 Å². The molecule has 0 spiro atoms. The van der Waals surface area contributed by atoms with Crippen molar-refractivity contribution in [1.29, 1.82) is 0 Å². The zero-order valence-corrected chi connectivity index (χ0v) is 11.4. The minimum Gasteiger partial charge on any atom is -0.337 e. The largest absolute Gasteiger partial charge is 0.337 e. The van der Waals surface area contributed by atoms with Gasteiger partial charge in [-0.3, -0.25) is 4.79 Å². The van der Waals surface area contributed by atoms with Gasteiger partial charge in [0.2, 0.25) is 0 Å². The minimum absolute atomic E-state index is 0.142. The zero-order chi connectivity index (χ0) is 13.8. The van der Waals surface area contributed by atoms with E-state index in [9.17, 15) is 9.18 Å². The van der Waals surface area contributed by atoms with Crippen molar-refractivity contribution < 1.29 is 9.18 Å². The summed E-state index contributed by atoms with van der Waals surface area (Å²) < 4.78 is 13.5. The Kier molecular flexibility index (Phi) is 4.22. The number of hydrogen-bond donors (Lipinski definition) is 1. The third-order valence-electron chi connectivity index (χ3n) is 2.83. The molecule has 2 aromatic carbocycles. The number of carbonyl (C=O) groups is 1. The number of rotatable bonds is 3. The van der Waals surface area contributed by atoms with Crippen molar-refractivity contribution >= 4 is 18.5 Å². The first-order valence-electron chi connectivity index (χ1n) is 5.86. The molecule has 4 heteroatoms. The fourth-order valence-corrected chi connectivity index (χ4v) is 1.93. The molecule has 0 aliphatic heterocycles. The Labute approximate surface area is 117 Å². The Balaban J connectivity index is 2.12. The summed E-state index contributed by atoms with van der Waals surface area (Å²) in [5.41, 5.74) is 1.07. The lowest BCUT2D eigenvalue weighted by molar-refractivity contribution is 0.0784. The lowest BCUT2D eigenvalue weighted by atomic mass is 10.1. The van der Waals surface area contributed by atoms with Crippen molar-refractivity contribution in [2.24, 2.45) is 0 Å². The molecule has 2 aromatic rings. The molecule has 0 aromatic heterocycles. The summed E-state index contributed by atoms with van der Waals surface area (Å²) in [5.74, 6) is -0.440. The van der Waals surface area contributed by atoms with Gasteiger partial charge in [-0.25, -0.2) is 4.39 Å². The highest BCUT2D eigenvalue weighted by atomic mass is 32.1. The van der Waals surface area contributed by atoms with Crippen molar-refractivity contribution in [2.45, 2.75) is 11.4 Å². The van der Waals surface area contributed by atoms with E-state index in [4.69, 9.17) is 0 Å². The summed E-state index contributed by atoms with van der Waals surface area (Å²) in [4.78, 5) is 14.4. The Morgan fingerprint density at radius 2 is 1.79 bits per heavy atom. The Bertz CT molecular complexity index is 583. The van der Waals surface area contributed by atoms with E-state index in [-0.39, 0.29) is 18.3 Å². The average Bonchev–Trinajstić information content (AvgIpc) is 2.41. The quantitative estimate of drug-likeness (QED) is 0.851. The van der Waals surface area contributed by atoms with Crippen LogP contribution in [-0.4, -0.2) is 17.9 Å². The van der Waals surface area contributed by atoms with Crippen LogP contribution >= 0.6 is 12.6 Å². The molecule has 0 unspecified atom stereocenters. The van der Waals surface area contributed by atoms with Crippen molar-refractivity contribution in [2.75, 3.05) is 7.05 Å². The van der Waals surface area contributed by atoms with Crippen LogP contribution in [0.3, 0.4) is 0 Å². The van der Waals surface area contributed by atoms with E-state index in [1.807, 2.05) is 0 Å². The summed E-state index contributed by atoms with van der Waals surface area (Å²) in [6.45, 7) is 0.244. The van der Waals surface area contributed by atoms with Crippen molar-refractivity contribution in [3.63, 3.8) is 0 Å². The number of halogens is 1. The second-order valence-electron chi connectivity index (χ2n) is 4.30. The predicted molar refractivity (Wildman–Crippen MR) is 75.9 cm³/mol. The van der Waals surface area contributed by atoms with Crippen molar-refractivity contribution in [1.82, 2.24) is 4.90 Å². The highest BCUT2D eigenvalue weighted by Gasteiger charge is 2.13. The molecule has 2 nitrogen and oxygen atoms in total. The van der Waals surface area contributed by atoms with Crippen LogP contribution in [0.4, 0.5) is 4.39 Å². The van der Waals surface area contributed by atoms with Gasteiger partial charge in [0.25, 0.3) is 5.91 Å². The maximum absolute atomic E-state index is 13.5. The van der Waals surface area contributed by atoms with Crippen molar-refractivity contribution in [3.8, 4) is 0 Å². The fourth-order valence-electron chi connectivity index (χ4n) is 1.78. The first-order chi connectivity index (χ1) is 9.08. The molecule has 0 aliphatic carbocycles. The fraction of sp³-hybridized carbons (Fsp3) is 0.133. The number of hydrogen-bond acceptors (Lipinski definition) is 2. The van der Waals surface area contributed by atoms with Gasteiger partial charge in [-0.05, 0) is 30.3 Å². The number of carbonyl (C=O) groups excluding carboxylic acids is 1. The highest BCUT2D eigenvalue weighted by Crippen LogP contribution is 2.13. The summed E-state index contributed by atoms with van der Waals surface area (Å²) >= 11 is 4.17. The lowest BCUT2D eigenvalue weighted by Gasteiger charge is -2.17. The number of benzene rings is 2. The van der Waals surface area contributed by atoms with Gasteiger partial charge in [0.05, 0.1) is 0 Å². The van der Waals surface area contributed by atoms with Crippen LogP contribution in [0.5, 0.6) is 0 Å². The molecule has 0 atom stereocenters. The molecule has 0 radical (unpaired) electrons. The zero-order valence-electron chi connectivity index (χ0n) is 10.5. The molecule has 2 rings (SSSR count). The van der Waals surface area contributed by atoms with Crippen LogP contribution < -0.4 is 0 Å². The number of thiol groups is 1. The maximum Gasteiger partial charge on any atom is 0.253 e. The van der Waals surface area contributed by atoms with Crippen LogP contribution in [0.1, 0.15) is 15.9 Å². The molecule has 98 valence electrons. The van der Waals surface area contributed by atoms with Gasteiger partial charge in [-0.2, -0.15) is 0 Å². The summed E-state index contributed by atoms with van der Waals surface area (Å²) in [6.07, 6.45) is 0. The molecule has 0 aliphatic rings. The summed E-state index contributed by atoms with van der Waals surface area (Å²) in [7, 11) is 1.66. The van der Waals surface area contributed by atoms with Gasteiger partial charge in [0.15, 0.2) is 0 Å². The lowest BCUT2D eigenvalue weighted by Crippen LogP contribution is -2.26. The molecule has 0 saturated carbocycles. The van der Waals surface area contributed by atoms with E-state index in [2.05, 4.69) is 12.6 Å². The van der Waals surface area contributed by atoms with Crippen LogP contribution in [0.25, 0.3) is 0 Å². The predicted octanol–water partition coefficient (Wildman–Crippen LogP) is 3.39. The molecule has 1 amide bonds. The third kappa shape index (κ3) is 3.35. The SMILES string of the molecule is CN(Cc1ccccc1F)C(=O)c1ccc(S)cc1. The Morgan fingerprint density at radius 1 is 1.16 bits per heavy atom. The summed E-state index contributed by atoms with van der Waals surface area (Å²) in [5, 5.41) is 0. The molecule has 0 N–H and O–H groups in total. The molecule has 0 bridgehead atoms. The topological polar surface area (TPSA) is 20.3 Å². The molecule has 0 heterocycles. The number of amides is 1. The maximum atomic E-state index is 13.5. The van der Waals surface area contributed by atoms with Gasteiger partial charge in [0.1, 0.15) is 5.82 Å². The average molecular weight is 275 g/mol. The molecular weight excluding hydrogens is 261 g/mol. The van der Waals surface area contributed by atoms with Crippen LogP contribution in [0.2, 0.25) is 0 Å². The van der Waals surface area contributed by atoms with Crippen molar-refractivity contribution in [3.05, 3.63) is 65.5 Å². The van der Waals surface area contributed by atoms with E-state index in [1.54, 1.807) is 49.5 Å². The normalized spacial score (nSPS) is 10.3. The highest BCUT2D eigenvalue weighted by molar-refractivity contribution is 7.80. The van der Waals surface area contributed by atoms with Gasteiger partial charge >= 0.3 is 0 Å². The van der Waals surface area contributed by atoms with E-state index >= 15 is 0 Å². The standard InChI is InChI=1S/C15H14FNOS/c1-17(10-12-4-2-3-5-14(12)16)15(18)11-6-8-13(19)9-7-11/h2-9,19H,10H2,1H3. The van der Waals surface area contributed by atoms with Gasteiger partial charge in [-0.15, -0.1) is 12.6 Å². The van der Waals surface area contributed by atoms with Crippen LogP contribution in [0, 0.1) is 5.82 Å².